The minimum absolute atomic E-state index is 0. The Labute approximate surface area is 137 Å². The summed E-state index contributed by atoms with van der Waals surface area (Å²) in [6.45, 7) is 2.08. The van der Waals surface area contributed by atoms with Gasteiger partial charge < -0.3 is 20.1 Å². The van der Waals surface area contributed by atoms with Crippen LogP contribution in [0.3, 0.4) is 0 Å². The van der Waals surface area contributed by atoms with Crippen LogP contribution in [0.5, 0.6) is 5.75 Å². The summed E-state index contributed by atoms with van der Waals surface area (Å²) in [6, 6.07) is 7.88. The maximum atomic E-state index is 12.4. The molecule has 0 bridgehead atoms. The van der Waals surface area contributed by atoms with Gasteiger partial charge in [-0.1, -0.05) is 12.1 Å². The highest BCUT2D eigenvalue weighted by Gasteiger charge is 2.35. The van der Waals surface area contributed by atoms with Crippen LogP contribution in [0.2, 0.25) is 0 Å². The molecule has 5 nitrogen and oxygen atoms in total. The number of rotatable bonds is 3. The minimum atomic E-state index is -0.390. The summed E-state index contributed by atoms with van der Waals surface area (Å²) in [7, 11) is 1.66. The van der Waals surface area contributed by atoms with Crippen LogP contribution >= 0.6 is 12.4 Å². The summed E-state index contributed by atoms with van der Waals surface area (Å²) in [4.78, 5) is 14.3. The highest BCUT2D eigenvalue weighted by Crippen LogP contribution is 2.29. The van der Waals surface area contributed by atoms with Crippen molar-refractivity contribution >= 4 is 18.3 Å². The Morgan fingerprint density at radius 3 is 2.68 bits per heavy atom. The number of halogens is 1. The molecule has 2 saturated heterocycles. The van der Waals surface area contributed by atoms with Gasteiger partial charge in [0.1, 0.15) is 5.75 Å². The highest BCUT2D eigenvalue weighted by atomic mass is 35.5. The minimum Gasteiger partial charge on any atom is -0.497 e. The second kappa shape index (κ2) is 7.31. The normalized spacial score (nSPS) is 27.5. The van der Waals surface area contributed by atoms with Crippen molar-refractivity contribution in [2.24, 2.45) is 0 Å². The SMILES string of the molecule is COc1ccc(C2CCN(C(=O)C3CC(O)CN3)C2)cc1.Cl. The number of aliphatic hydroxyl groups is 1. The number of carbonyl (C=O) groups is 1. The van der Waals surface area contributed by atoms with Gasteiger partial charge in [-0.05, 0) is 30.5 Å². The number of ether oxygens (including phenoxy) is 1. The Balaban J connectivity index is 0.00000176. The van der Waals surface area contributed by atoms with Gasteiger partial charge in [0.05, 0.1) is 19.3 Å². The number of hydrogen-bond donors (Lipinski definition) is 2. The van der Waals surface area contributed by atoms with Gasteiger partial charge in [0.2, 0.25) is 5.91 Å². The van der Waals surface area contributed by atoms with E-state index in [0.717, 1.165) is 25.3 Å². The van der Waals surface area contributed by atoms with Crippen LogP contribution in [0.1, 0.15) is 24.3 Å². The van der Waals surface area contributed by atoms with Crippen molar-refractivity contribution in [2.75, 3.05) is 26.7 Å². The number of nitrogens with one attached hydrogen (secondary N) is 1. The number of methoxy groups -OCH3 is 1. The van der Waals surface area contributed by atoms with Crippen LogP contribution in [0.25, 0.3) is 0 Å². The smallest absolute Gasteiger partial charge is 0.239 e. The summed E-state index contributed by atoms with van der Waals surface area (Å²) in [5, 5.41) is 12.6. The lowest BCUT2D eigenvalue weighted by molar-refractivity contribution is -0.132. The number of benzene rings is 1. The van der Waals surface area contributed by atoms with Crippen LogP contribution in [0.15, 0.2) is 24.3 Å². The van der Waals surface area contributed by atoms with Crippen LogP contribution in [0, 0.1) is 0 Å². The van der Waals surface area contributed by atoms with Gasteiger partial charge in [-0.2, -0.15) is 0 Å². The number of β-amino-alcohol motifs (C(OH)–C–C–N with tert-alkyl or cyclic N) is 1. The predicted molar refractivity (Wildman–Crippen MR) is 86.6 cm³/mol. The first-order chi connectivity index (χ1) is 10.2. The molecule has 2 aliphatic heterocycles. The van der Waals surface area contributed by atoms with Crippen molar-refractivity contribution in [2.45, 2.75) is 30.9 Å². The van der Waals surface area contributed by atoms with Gasteiger partial charge in [-0.25, -0.2) is 0 Å². The third-order valence-corrected chi connectivity index (χ3v) is 4.49. The number of nitrogens with zero attached hydrogens (tertiary/aromatic N) is 1. The van der Waals surface area contributed by atoms with Gasteiger partial charge in [0.15, 0.2) is 0 Å². The molecule has 6 heteroatoms. The molecule has 1 aromatic rings. The van der Waals surface area contributed by atoms with E-state index >= 15 is 0 Å². The van der Waals surface area contributed by atoms with E-state index in [1.165, 1.54) is 5.56 Å². The predicted octanol–water partition coefficient (Wildman–Crippen LogP) is 1.16. The Bertz CT molecular complexity index is 509. The lowest BCUT2D eigenvalue weighted by Gasteiger charge is -2.20. The topological polar surface area (TPSA) is 61.8 Å². The van der Waals surface area contributed by atoms with E-state index in [-0.39, 0.29) is 30.5 Å². The first kappa shape index (κ1) is 17.1. The standard InChI is InChI=1S/C16H22N2O3.ClH/c1-21-14-4-2-11(3-5-14)12-6-7-18(10-12)16(20)15-8-13(19)9-17-15;/h2-5,12-13,15,17,19H,6-10H2,1H3;1H. The molecule has 3 rings (SSSR count). The van der Waals surface area contributed by atoms with Crippen molar-refractivity contribution in [3.05, 3.63) is 29.8 Å². The van der Waals surface area contributed by atoms with E-state index in [9.17, 15) is 9.90 Å². The first-order valence-electron chi connectivity index (χ1n) is 7.51. The van der Waals surface area contributed by atoms with E-state index in [4.69, 9.17) is 4.74 Å². The highest BCUT2D eigenvalue weighted by molar-refractivity contribution is 5.85. The fraction of sp³-hybridized carbons (Fsp3) is 0.562. The summed E-state index contributed by atoms with van der Waals surface area (Å²) >= 11 is 0. The quantitative estimate of drug-likeness (QED) is 0.875. The molecule has 1 amide bonds. The Hall–Kier alpha value is -1.30. The maximum Gasteiger partial charge on any atom is 0.239 e. The molecule has 2 N–H and O–H groups in total. The average Bonchev–Trinajstić information content (AvgIpc) is 3.16. The number of likely N-dealkylation sites (tertiary alicyclic amines) is 1. The molecule has 0 spiro atoms. The van der Waals surface area contributed by atoms with Crippen molar-refractivity contribution in [1.82, 2.24) is 10.2 Å². The summed E-state index contributed by atoms with van der Waals surface area (Å²) in [5.74, 6) is 1.38. The molecule has 0 aromatic heterocycles. The molecular formula is C16H23ClN2O3. The number of amides is 1. The fourth-order valence-corrected chi connectivity index (χ4v) is 3.23. The Kier molecular flexibility index (Phi) is 5.67. The third kappa shape index (κ3) is 3.54. The largest absolute Gasteiger partial charge is 0.497 e. The lowest BCUT2D eigenvalue weighted by atomic mass is 9.98. The maximum absolute atomic E-state index is 12.4. The van der Waals surface area contributed by atoms with E-state index in [2.05, 4.69) is 17.4 Å². The Morgan fingerprint density at radius 2 is 2.09 bits per heavy atom. The average molecular weight is 327 g/mol. The second-order valence-corrected chi connectivity index (χ2v) is 5.89. The zero-order chi connectivity index (χ0) is 14.8. The molecule has 0 radical (unpaired) electrons. The zero-order valence-corrected chi connectivity index (χ0v) is 13.5. The van der Waals surface area contributed by atoms with Gasteiger partial charge in [-0.3, -0.25) is 4.79 Å². The second-order valence-electron chi connectivity index (χ2n) is 5.89. The number of carbonyl (C=O) groups excluding carboxylic acids is 1. The van der Waals surface area contributed by atoms with Crippen LogP contribution < -0.4 is 10.1 Å². The van der Waals surface area contributed by atoms with Gasteiger partial charge in [-0.15, -0.1) is 12.4 Å². The molecule has 2 heterocycles. The Morgan fingerprint density at radius 1 is 1.36 bits per heavy atom. The van der Waals surface area contributed by atoms with Gasteiger partial charge in [0.25, 0.3) is 0 Å². The summed E-state index contributed by atoms with van der Waals surface area (Å²) in [6.07, 6.45) is 1.13. The molecule has 0 saturated carbocycles. The van der Waals surface area contributed by atoms with E-state index in [1.54, 1.807) is 7.11 Å². The van der Waals surface area contributed by atoms with Crippen molar-refractivity contribution in [1.29, 1.82) is 0 Å². The third-order valence-electron chi connectivity index (χ3n) is 4.49. The van der Waals surface area contributed by atoms with E-state index in [1.807, 2.05) is 17.0 Å². The number of aliphatic hydroxyl groups excluding tert-OH is 1. The molecule has 2 fully saturated rings. The molecular weight excluding hydrogens is 304 g/mol. The van der Waals surface area contributed by atoms with Crippen molar-refractivity contribution in [3.8, 4) is 5.75 Å². The van der Waals surface area contributed by atoms with Gasteiger partial charge >= 0.3 is 0 Å². The zero-order valence-electron chi connectivity index (χ0n) is 12.7. The summed E-state index contributed by atoms with van der Waals surface area (Å²) < 4.78 is 5.17. The molecule has 3 atom stereocenters. The van der Waals surface area contributed by atoms with Crippen LogP contribution in [-0.4, -0.2) is 54.8 Å². The van der Waals surface area contributed by atoms with Crippen molar-refractivity contribution < 1.29 is 14.6 Å². The molecule has 0 aliphatic carbocycles. The lowest BCUT2D eigenvalue weighted by Crippen LogP contribution is -2.42. The van der Waals surface area contributed by atoms with Crippen molar-refractivity contribution in [3.63, 3.8) is 0 Å². The molecule has 122 valence electrons. The fourth-order valence-electron chi connectivity index (χ4n) is 3.23. The number of hydrogen-bond acceptors (Lipinski definition) is 4. The monoisotopic (exact) mass is 326 g/mol. The summed E-state index contributed by atoms with van der Waals surface area (Å²) in [5.41, 5.74) is 1.26. The molecule has 1 aromatic carbocycles. The molecule has 2 aliphatic rings. The molecule has 3 unspecified atom stereocenters. The van der Waals surface area contributed by atoms with E-state index < -0.39 is 0 Å². The first-order valence-corrected chi connectivity index (χ1v) is 7.51. The van der Waals surface area contributed by atoms with Crippen LogP contribution in [0.4, 0.5) is 0 Å². The van der Waals surface area contributed by atoms with Gasteiger partial charge in [0, 0.05) is 25.6 Å². The van der Waals surface area contributed by atoms with E-state index in [0.29, 0.717) is 18.9 Å². The van der Waals surface area contributed by atoms with Crippen LogP contribution in [-0.2, 0) is 4.79 Å². The molecule has 22 heavy (non-hydrogen) atoms.